The van der Waals surface area contributed by atoms with Gasteiger partial charge in [-0.3, -0.25) is 14.0 Å². The van der Waals surface area contributed by atoms with Crippen LogP contribution >= 0.6 is 0 Å². The van der Waals surface area contributed by atoms with E-state index in [9.17, 15) is 9.59 Å². The fraction of sp³-hybridized carbons (Fsp3) is 0.0667. The Morgan fingerprint density at radius 2 is 1.95 bits per heavy atom. The second kappa shape index (κ2) is 3.60. The number of pyridine rings is 2. The average molecular weight is 266 g/mol. The van der Waals surface area contributed by atoms with Crippen molar-refractivity contribution >= 4 is 27.3 Å². The maximum atomic E-state index is 12.5. The highest BCUT2D eigenvalue weighted by atomic mass is 16.5. The van der Waals surface area contributed by atoms with Crippen molar-refractivity contribution in [3.63, 3.8) is 0 Å². The molecule has 0 amide bonds. The van der Waals surface area contributed by atoms with Gasteiger partial charge in [-0.15, -0.1) is 0 Å². The van der Waals surface area contributed by atoms with E-state index in [1.165, 1.54) is 23.6 Å². The Morgan fingerprint density at radius 1 is 1.10 bits per heavy atom. The SMILES string of the molecule is COc1cc2[nH]ccc3c4ccc(=O)cc4n(c1=O)c23. The van der Waals surface area contributed by atoms with Gasteiger partial charge in [-0.1, -0.05) is 0 Å². The van der Waals surface area contributed by atoms with Gasteiger partial charge in [-0.2, -0.15) is 0 Å². The van der Waals surface area contributed by atoms with Crippen molar-refractivity contribution in [1.82, 2.24) is 9.38 Å². The van der Waals surface area contributed by atoms with Gasteiger partial charge in [-0.05, 0) is 18.2 Å². The Labute approximate surface area is 112 Å². The number of hydrogen-bond acceptors (Lipinski definition) is 3. The number of rotatable bonds is 1. The molecular formula is C15H10N2O3. The molecule has 0 radical (unpaired) electrons. The molecule has 5 heteroatoms. The van der Waals surface area contributed by atoms with E-state index in [1.807, 2.05) is 12.3 Å². The molecular weight excluding hydrogens is 256 g/mol. The molecule has 4 aromatic rings. The number of nitrogens with zero attached hydrogens (tertiary/aromatic N) is 1. The molecule has 0 saturated heterocycles. The molecule has 0 fully saturated rings. The molecule has 98 valence electrons. The highest BCUT2D eigenvalue weighted by Crippen LogP contribution is 2.29. The van der Waals surface area contributed by atoms with Gasteiger partial charge in [0.1, 0.15) is 0 Å². The average Bonchev–Trinajstić information content (AvgIpc) is 2.78. The van der Waals surface area contributed by atoms with Crippen molar-refractivity contribution in [2.24, 2.45) is 0 Å². The fourth-order valence-electron chi connectivity index (χ4n) is 2.78. The minimum Gasteiger partial charge on any atom is -0.491 e. The molecule has 0 bridgehead atoms. The lowest BCUT2D eigenvalue weighted by molar-refractivity contribution is 0.408. The number of aromatic nitrogens is 2. The number of hydrogen-bond donors (Lipinski definition) is 1. The van der Waals surface area contributed by atoms with Gasteiger partial charge in [0.15, 0.2) is 11.2 Å². The van der Waals surface area contributed by atoms with Crippen LogP contribution in [0, 0.1) is 0 Å². The lowest BCUT2D eigenvalue weighted by Gasteiger charge is -2.04. The summed E-state index contributed by atoms with van der Waals surface area (Å²) in [5.74, 6) is 0.245. The van der Waals surface area contributed by atoms with Gasteiger partial charge in [-0.25, -0.2) is 0 Å². The van der Waals surface area contributed by atoms with Crippen LogP contribution in [0.25, 0.3) is 27.3 Å². The van der Waals surface area contributed by atoms with Crippen LogP contribution in [-0.4, -0.2) is 16.5 Å². The molecule has 0 aliphatic rings. The van der Waals surface area contributed by atoms with Crippen LogP contribution < -0.4 is 15.7 Å². The number of H-pyrrole nitrogens is 1. The summed E-state index contributed by atoms with van der Waals surface area (Å²) in [6.45, 7) is 0. The number of ether oxygens (including phenoxy) is 1. The molecule has 1 N–H and O–H groups in total. The Bertz CT molecular complexity index is 1080. The third-order valence-electron chi connectivity index (χ3n) is 3.63. The van der Waals surface area contributed by atoms with Crippen molar-refractivity contribution in [3.05, 3.63) is 57.1 Å². The first-order valence-corrected chi connectivity index (χ1v) is 6.17. The van der Waals surface area contributed by atoms with Gasteiger partial charge in [0, 0.05) is 29.1 Å². The Balaban J connectivity index is 2.47. The third kappa shape index (κ3) is 1.21. The summed E-state index contributed by atoms with van der Waals surface area (Å²) in [4.78, 5) is 27.2. The summed E-state index contributed by atoms with van der Waals surface area (Å²) < 4.78 is 6.67. The van der Waals surface area contributed by atoms with Gasteiger partial charge < -0.3 is 9.72 Å². The van der Waals surface area contributed by atoms with Crippen LogP contribution in [0.3, 0.4) is 0 Å². The van der Waals surface area contributed by atoms with Gasteiger partial charge in [0.2, 0.25) is 0 Å². The molecule has 1 aromatic carbocycles. The van der Waals surface area contributed by atoms with Crippen molar-refractivity contribution in [2.45, 2.75) is 0 Å². The maximum Gasteiger partial charge on any atom is 0.298 e. The van der Waals surface area contributed by atoms with Crippen LogP contribution in [0.1, 0.15) is 0 Å². The monoisotopic (exact) mass is 266 g/mol. The van der Waals surface area contributed by atoms with Crippen molar-refractivity contribution in [3.8, 4) is 5.75 Å². The maximum absolute atomic E-state index is 12.5. The minimum atomic E-state index is -0.259. The van der Waals surface area contributed by atoms with Crippen molar-refractivity contribution < 1.29 is 4.74 Å². The molecule has 0 unspecified atom stereocenters. The predicted octanol–water partition coefficient (Wildman–Crippen LogP) is 1.74. The van der Waals surface area contributed by atoms with E-state index in [2.05, 4.69) is 4.98 Å². The summed E-state index contributed by atoms with van der Waals surface area (Å²) in [7, 11) is 1.46. The van der Waals surface area contributed by atoms with E-state index in [0.717, 1.165) is 21.8 Å². The predicted molar refractivity (Wildman–Crippen MR) is 77.0 cm³/mol. The lowest BCUT2D eigenvalue weighted by atomic mass is 10.2. The smallest absolute Gasteiger partial charge is 0.298 e. The zero-order valence-corrected chi connectivity index (χ0v) is 10.6. The zero-order valence-electron chi connectivity index (χ0n) is 10.6. The summed E-state index contributed by atoms with van der Waals surface area (Å²) in [6, 6.07) is 8.33. The van der Waals surface area contributed by atoms with Crippen LogP contribution in [0.15, 0.2) is 46.1 Å². The molecule has 3 aromatic heterocycles. The second-order valence-corrected chi connectivity index (χ2v) is 4.69. The Hall–Kier alpha value is -2.82. The number of methoxy groups -OCH3 is 1. The minimum absolute atomic E-state index is 0.122. The molecule has 0 atom stereocenters. The van der Waals surface area contributed by atoms with E-state index < -0.39 is 0 Å². The second-order valence-electron chi connectivity index (χ2n) is 4.69. The van der Waals surface area contributed by atoms with E-state index in [4.69, 9.17) is 4.74 Å². The van der Waals surface area contributed by atoms with Gasteiger partial charge >= 0.3 is 0 Å². The highest BCUT2D eigenvalue weighted by molar-refractivity contribution is 6.12. The number of nitrogens with one attached hydrogen (secondary N) is 1. The quantitative estimate of drug-likeness (QED) is 0.570. The first-order chi connectivity index (χ1) is 9.70. The van der Waals surface area contributed by atoms with Crippen LogP contribution in [0.2, 0.25) is 0 Å². The van der Waals surface area contributed by atoms with Gasteiger partial charge in [0.05, 0.1) is 23.7 Å². The van der Waals surface area contributed by atoms with Crippen LogP contribution in [0.5, 0.6) is 5.75 Å². The molecule has 0 saturated carbocycles. The highest BCUT2D eigenvalue weighted by Gasteiger charge is 2.16. The standard InChI is InChI=1S/C15H10N2O3/c1-20-13-7-11-14-10(4-5-16-11)9-3-2-8(18)6-12(9)17(14)15(13)19/h2-7,16H,1H3. The lowest BCUT2D eigenvalue weighted by Crippen LogP contribution is -2.15. The first kappa shape index (κ1) is 11.0. The summed E-state index contributed by atoms with van der Waals surface area (Å²) >= 11 is 0. The molecule has 0 aliphatic heterocycles. The topological polar surface area (TPSA) is 63.6 Å². The molecule has 5 nitrogen and oxygen atoms in total. The summed E-state index contributed by atoms with van der Waals surface area (Å²) in [6.07, 6.45) is 1.81. The number of aromatic amines is 1. The van der Waals surface area contributed by atoms with E-state index in [-0.39, 0.29) is 16.7 Å². The largest absolute Gasteiger partial charge is 0.491 e. The fourth-order valence-corrected chi connectivity index (χ4v) is 2.78. The molecule has 0 aliphatic carbocycles. The first-order valence-electron chi connectivity index (χ1n) is 6.17. The van der Waals surface area contributed by atoms with E-state index in [1.54, 1.807) is 12.1 Å². The van der Waals surface area contributed by atoms with Crippen LogP contribution in [0.4, 0.5) is 0 Å². The number of fused-ring (bicyclic) bond motifs is 3. The summed E-state index contributed by atoms with van der Waals surface area (Å²) in [5.41, 5.74) is 1.80. The molecule has 4 rings (SSSR count). The Kier molecular flexibility index (Phi) is 1.99. The summed E-state index contributed by atoms with van der Waals surface area (Å²) in [5, 5.41) is 1.82. The third-order valence-corrected chi connectivity index (χ3v) is 3.63. The van der Waals surface area contributed by atoms with Crippen molar-refractivity contribution in [1.29, 1.82) is 0 Å². The molecule has 0 spiro atoms. The number of benzene rings is 1. The van der Waals surface area contributed by atoms with Crippen LogP contribution in [-0.2, 0) is 0 Å². The zero-order chi connectivity index (χ0) is 13.9. The van der Waals surface area contributed by atoms with Crippen molar-refractivity contribution in [2.75, 3.05) is 7.11 Å². The molecule has 3 heterocycles. The Morgan fingerprint density at radius 3 is 2.75 bits per heavy atom. The molecule has 20 heavy (non-hydrogen) atoms. The van der Waals surface area contributed by atoms with Gasteiger partial charge in [0.25, 0.3) is 5.56 Å². The van der Waals surface area contributed by atoms with E-state index >= 15 is 0 Å². The normalized spacial score (nSPS) is 11.7. The van der Waals surface area contributed by atoms with E-state index in [0.29, 0.717) is 5.52 Å².